The summed E-state index contributed by atoms with van der Waals surface area (Å²) in [5, 5.41) is 3.87. The van der Waals surface area contributed by atoms with E-state index in [1.165, 1.54) is 0 Å². The molecule has 69 heavy (non-hydrogen) atoms. The zero-order valence-corrected chi connectivity index (χ0v) is 40.8. The summed E-state index contributed by atoms with van der Waals surface area (Å²) in [6.45, 7) is 14.1. The maximum Gasteiger partial charge on any atom is 0.137 e. The zero-order chi connectivity index (χ0) is 55.0. The van der Waals surface area contributed by atoms with Crippen LogP contribution in [-0.2, 0) is 31.9 Å². The van der Waals surface area contributed by atoms with Crippen LogP contribution in [0.5, 0.6) is 11.5 Å². The van der Waals surface area contributed by atoms with Crippen LogP contribution in [0.2, 0.25) is 0 Å². The number of fused-ring (bicyclic) bond motifs is 8. The molecule has 8 aromatic carbocycles. The molecule has 0 radical (unpaired) electrons. The molecule has 1 aliphatic rings. The Kier molecular flexibility index (Phi) is 8.36. The predicted molar refractivity (Wildman–Crippen MR) is 280 cm³/mol. The number of hydrogen-bond donors (Lipinski definition) is 0. The number of hydrogen-bond acceptors (Lipinski definition) is 5. The van der Waals surface area contributed by atoms with Crippen molar-refractivity contribution in [3.63, 3.8) is 0 Å². The van der Waals surface area contributed by atoms with Crippen molar-refractivity contribution < 1.29 is 43.9 Å². The number of furan rings is 1. The first-order valence-corrected chi connectivity index (χ1v) is 22.5. The van der Waals surface area contributed by atoms with Crippen LogP contribution in [0.4, 0.5) is 22.7 Å². The molecule has 4 heterocycles. The number of benzene rings is 8. The maximum atomic E-state index is 9.27. The van der Waals surface area contributed by atoms with Gasteiger partial charge in [0.05, 0.1) is 24.6 Å². The van der Waals surface area contributed by atoms with Crippen LogP contribution < -0.4 is 14.5 Å². The van der Waals surface area contributed by atoms with E-state index in [-0.39, 0.29) is 54.4 Å². The fourth-order valence-corrected chi connectivity index (χ4v) is 9.23. The van der Waals surface area contributed by atoms with Gasteiger partial charge in [-0.15, -0.1) is 48.1 Å². The van der Waals surface area contributed by atoms with Gasteiger partial charge in [0.15, 0.2) is 0 Å². The van der Waals surface area contributed by atoms with Crippen LogP contribution in [0.1, 0.15) is 66.4 Å². The SMILES string of the molecule is [2H]c1c([2H])c([2H])c(-c2cc(C(C)(C)C)cc(-c3c([2H])c([2H])c([2H])c([2H])c3[2H])c2N2[CH-]N(c3[c-]c(Oc4[c-]c5c(cc4)c4ccc6oc7ccccc7c6c4n5-c4cc(C(C)(C)C)ccn4)ccc3)c3ccccc32)c([2H])c1[2H].[Pt]. The van der Waals surface area contributed by atoms with Crippen LogP contribution in [0.3, 0.4) is 0 Å². The van der Waals surface area contributed by atoms with Gasteiger partial charge in [0, 0.05) is 72.3 Å². The van der Waals surface area contributed by atoms with Gasteiger partial charge in [-0.2, -0.15) is 12.1 Å². The van der Waals surface area contributed by atoms with Crippen molar-refractivity contribution in [1.82, 2.24) is 9.55 Å². The van der Waals surface area contributed by atoms with Crippen LogP contribution in [-0.4, -0.2) is 9.55 Å². The number of ether oxygens (including phenoxy) is 1. The van der Waals surface area contributed by atoms with E-state index in [0.717, 1.165) is 49.3 Å². The number of para-hydroxylation sites is 3. The molecule has 0 aliphatic carbocycles. The van der Waals surface area contributed by atoms with E-state index in [9.17, 15) is 5.48 Å². The van der Waals surface area contributed by atoms with E-state index in [4.69, 9.17) is 22.4 Å². The number of aromatic nitrogens is 2. The minimum atomic E-state index is -0.634. The first-order chi connectivity index (χ1) is 37.1. The summed E-state index contributed by atoms with van der Waals surface area (Å²) in [7, 11) is 0. The van der Waals surface area contributed by atoms with Crippen molar-refractivity contribution in [2.45, 2.75) is 52.4 Å². The number of nitrogens with zero attached hydrogens (tertiary/aromatic N) is 4. The number of anilines is 4. The van der Waals surface area contributed by atoms with Crippen LogP contribution >= 0.6 is 0 Å². The second kappa shape index (κ2) is 17.0. The molecular formula is C62H49N4O2Pt-3. The molecule has 7 heteroatoms. The topological polar surface area (TPSA) is 46.7 Å². The van der Waals surface area contributed by atoms with Gasteiger partial charge in [-0.1, -0.05) is 144 Å². The molecule has 11 aromatic rings. The molecule has 0 atom stereocenters. The minimum absolute atomic E-state index is 0. The van der Waals surface area contributed by atoms with Crippen LogP contribution in [0, 0.1) is 18.8 Å². The summed E-state index contributed by atoms with van der Waals surface area (Å²) in [5.41, 5.74) is 6.31. The second-order valence-corrected chi connectivity index (χ2v) is 19.0. The molecule has 12 rings (SSSR count). The molecule has 0 unspecified atom stereocenters. The van der Waals surface area contributed by atoms with E-state index < -0.39 is 65.8 Å². The van der Waals surface area contributed by atoms with Gasteiger partial charge >= 0.3 is 0 Å². The first kappa shape index (κ1) is 34.0. The Balaban J connectivity index is 0.00000660. The Morgan fingerprint density at radius 3 is 1.93 bits per heavy atom. The van der Waals surface area contributed by atoms with Gasteiger partial charge in [-0.05, 0) is 87.0 Å². The molecule has 3 aromatic heterocycles. The van der Waals surface area contributed by atoms with Crippen molar-refractivity contribution in [3.05, 3.63) is 212 Å². The van der Waals surface area contributed by atoms with E-state index in [0.29, 0.717) is 39.9 Å². The van der Waals surface area contributed by atoms with Gasteiger partial charge in [0.1, 0.15) is 17.0 Å². The predicted octanol–water partition coefficient (Wildman–Crippen LogP) is 16.8. The fraction of sp³-hybridized carbons (Fsp3) is 0.129. The van der Waals surface area contributed by atoms with Crippen molar-refractivity contribution >= 4 is 66.5 Å². The summed E-state index contributed by atoms with van der Waals surface area (Å²) in [4.78, 5) is 8.60. The van der Waals surface area contributed by atoms with E-state index in [2.05, 4.69) is 55.7 Å². The average molecular weight is 1090 g/mol. The summed E-state index contributed by atoms with van der Waals surface area (Å²) < 4.78 is 104. The van der Waals surface area contributed by atoms with Crippen molar-refractivity contribution in [3.8, 4) is 39.6 Å². The summed E-state index contributed by atoms with van der Waals surface area (Å²) in [6, 6.07) is 38.6. The van der Waals surface area contributed by atoms with Crippen molar-refractivity contribution in [2.24, 2.45) is 0 Å². The van der Waals surface area contributed by atoms with Crippen molar-refractivity contribution in [1.29, 1.82) is 0 Å². The van der Waals surface area contributed by atoms with Crippen LogP contribution in [0.25, 0.3) is 71.8 Å². The van der Waals surface area contributed by atoms with Gasteiger partial charge in [-0.25, -0.2) is 4.98 Å². The van der Waals surface area contributed by atoms with Crippen LogP contribution in [0.15, 0.2) is 186 Å². The quantitative estimate of drug-likeness (QED) is 0.149. The number of rotatable bonds is 7. The molecule has 0 bridgehead atoms. The Hall–Kier alpha value is -7.40. The third-order valence-corrected chi connectivity index (χ3v) is 12.6. The van der Waals surface area contributed by atoms with Gasteiger partial charge in [-0.3, -0.25) is 0 Å². The minimum Gasteiger partial charge on any atom is -0.509 e. The van der Waals surface area contributed by atoms with Gasteiger partial charge in [0.2, 0.25) is 0 Å². The summed E-state index contributed by atoms with van der Waals surface area (Å²) >= 11 is 0. The molecule has 0 saturated heterocycles. The molecule has 0 saturated carbocycles. The van der Waals surface area contributed by atoms with E-state index >= 15 is 0 Å². The summed E-state index contributed by atoms with van der Waals surface area (Å²) in [6.07, 6.45) is 1.84. The third kappa shape index (κ3) is 7.68. The molecule has 1 aliphatic heterocycles. The van der Waals surface area contributed by atoms with Gasteiger partial charge < -0.3 is 23.5 Å². The Labute approximate surface area is 431 Å². The average Bonchev–Trinajstić information content (AvgIpc) is 4.07. The van der Waals surface area contributed by atoms with Gasteiger partial charge in [0.25, 0.3) is 0 Å². The molecule has 6 nitrogen and oxygen atoms in total. The second-order valence-electron chi connectivity index (χ2n) is 19.0. The maximum absolute atomic E-state index is 9.27. The summed E-state index contributed by atoms with van der Waals surface area (Å²) in [5.74, 6) is 1.49. The first-order valence-electron chi connectivity index (χ1n) is 27.5. The third-order valence-electron chi connectivity index (χ3n) is 12.6. The molecule has 0 spiro atoms. The zero-order valence-electron chi connectivity index (χ0n) is 48.5. The smallest absolute Gasteiger partial charge is 0.137 e. The van der Waals surface area contributed by atoms with E-state index in [1.54, 1.807) is 29.8 Å². The molecular weight excluding hydrogens is 1030 g/mol. The van der Waals surface area contributed by atoms with Crippen molar-refractivity contribution in [2.75, 3.05) is 9.80 Å². The molecule has 0 amide bonds. The monoisotopic (exact) mass is 1090 g/mol. The largest absolute Gasteiger partial charge is 0.509 e. The standard InChI is InChI=1S/C62H49N4O2.Pt/c1-61(2,3)42-32-33-63-57(36-42)66-54-38-46(28-29-47(54)48-30-31-56-58(60(48)66)49-24-13-16-27-55(49)68-56)67-45-23-17-22-44(37-45)64-39-65(53-26-15-14-25-52(53)64)59-50(40-18-9-7-10-19-40)34-43(62(4,5)6)35-51(59)41-20-11-8-12-21-41;/h7-36,39H,1-6H3;/q-3;/i7D,8D,9D,10D,11D,12D,18D,19D,20D,21D;. The molecule has 342 valence electrons. The molecule has 0 N–H and O–H groups in total. The van der Waals surface area contributed by atoms with E-state index in [1.807, 2.05) is 111 Å². The number of pyridine rings is 1. The Morgan fingerprint density at radius 2 is 1.23 bits per heavy atom. The Morgan fingerprint density at radius 1 is 0.594 bits per heavy atom. The Bertz CT molecular complexity index is 4200. The molecule has 0 fully saturated rings. The fourth-order valence-electron chi connectivity index (χ4n) is 9.23. The normalized spacial score (nSPS) is 14.9.